The van der Waals surface area contributed by atoms with Gasteiger partial charge in [-0.25, -0.2) is 14.4 Å². The van der Waals surface area contributed by atoms with Crippen molar-refractivity contribution in [2.24, 2.45) is 0 Å². The molecule has 0 atom stereocenters. The molecule has 1 aromatic carbocycles. The predicted octanol–water partition coefficient (Wildman–Crippen LogP) is 4.19. The van der Waals surface area contributed by atoms with Gasteiger partial charge in [0.05, 0.1) is 0 Å². The molecule has 0 unspecified atom stereocenters. The number of carbonyl (C=O) groups is 3. The molecule has 0 aliphatic carbocycles. The Kier molecular flexibility index (Phi) is 7.50. The van der Waals surface area contributed by atoms with Gasteiger partial charge in [0.15, 0.2) is 11.5 Å². The average Bonchev–Trinajstić information content (AvgIpc) is 2.61. The third-order valence-corrected chi connectivity index (χ3v) is 4.18. The fraction of sp³-hybridized carbons (Fsp3) is 0.318. The van der Waals surface area contributed by atoms with E-state index in [9.17, 15) is 14.4 Å². The molecule has 0 bridgehead atoms. The molecule has 0 aromatic heterocycles. The summed E-state index contributed by atoms with van der Waals surface area (Å²) in [5.41, 5.74) is 3.16. The lowest BCUT2D eigenvalue weighted by Gasteiger charge is -2.21. The lowest BCUT2D eigenvalue weighted by atomic mass is 9.96. The van der Waals surface area contributed by atoms with Gasteiger partial charge in [0, 0.05) is 22.3 Å². The summed E-state index contributed by atoms with van der Waals surface area (Å²) in [5.74, 6) is -1.85. The fourth-order valence-electron chi connectivity index (χ4n) is 2.18. The van der Waals surface area contributed by atoms with Gasteiger partial charge in [-0.15, -0.1) is 0 Å². The minimum absolute atomic E-state index is 0.0118. The first-order chi connectivity index (χ1) is 12.9. The predicted molar refractivity (Wildman–Crippen MR) is 106 cm³/mol. The summed E-state index contributed by atoms with van der Waals surface area (Å²) in [5, 5.41) is 0. The van der Waals surface area contributed by atoms with Crippen molar-refractivity contribution < 1.29 is 28.6 Å². The van der Waals surface area contributed by atoms with Gasteiger partial charge in [-0.1, -0.05) is 19.7 Å². The van der Waals surface area contributed by atoms with Gasteiger partial charge in [-0.05, 0) is 58.2 Å². The topological polar surface area (TPSA) is 78.9 Å². The zero-order valence-electron chi connectivity index (χ0n) is 17.3. The molecular formula is C22H26O6. The third kappa shape index (κ3) is 5.19. The number of rotatable bonds is 7. The van der Waals surface area contributed by atoms with Crippen LogP contribution in [0, 0.1) is 20.8 Å². The van der Waals surface area contributed by atoms with E-state index >= 15 is 0 Å². The lowest BCUT2D eigenvalue weighted by molar-refractivity contribution is -0.140. The number of carbonyl (C=O) groups excluding carboxylic acids is 3. The van der Waals surface area contributed by atoms with Gasteiger partial charge < -0.3 is 14.2 Å². The second-order valence-corrected chi connectivity index (χ2v) is 6.71. The molecule has 0 amide bonds. The molecule has 0 aliphatic heterocycles. The van der Waals surface area contributed by atoms with E-state index in [1.807, 2.05) is 6.92 Å². The van der Waals surface area contributed by atoms with Crippen LogP contribution < -0.4 is 9.47 Å². The highest BCUT2D eigenvalue weighted by atomic mass is 16.6. The SMILES string of the molecule is C=C(C)C(=O)OCc1c(C)c(C)c(C)c(OC(=O)C(=C)C)c1OC(=O)C(=C)C. The van der Waals surface area contributed by atoms with Crippen molar-refractivity contribution in [2.45, 2.75) is 48.1 Å². The number of hydrogen-bond acceptors (Lipinski definition) is 6. The second kappa shape index (κ2) is 9.17. The molecule has 0 saturated heterocycles. The maximum atomic E-state index is 12.2. The van der Waals surface area contributed by atoms with Gasteiger partial charge in [-0.3, -0.25) is 0 Å². The van der Waals surface area contributed by atoms with E-state index in [-0.39, 0.29) is 34.8 Å². The third-order valence-electron chi connectivity index (χ3n) is 4.18. The molecule has 0 N–H and O–H groups in total. The van der Waals surface area contributed by atoms with E-state index in [1.165, 1.54) is 20.8 Å². The number of benzene rings is 1. The Morgan fingerprint density at radius 3 is 1.54 bits per heavy atom. The Hall–Kier alpha value is -3.15. The van der Waals surface area contributed by atoms with E-state index < -0.39 is 17.9 Å². The van der Waals surface area contributed by atoms with Crippen LogP contribution in [-0.2, 0) is 25.7 Å². The standard InChI is InChI=1S/C22H26O6/c1-11(2)20(23)26-10-17-15(8)14(7)16(9)18(27-21(24)12(3)4)19(17)28-22(25)13(5)6/h1,3,5,10H2,2,4,6-9H3. The van der Waals surface area contributed by atoms with Crippen LogP contribution in [0.1, 0.15) is 43.0 Å². The van der Waals surface area contributed by atoms with Crippen LogP contribution in [0.3, 0.4) is 0 Å². The summed E-state index contributed by atoms with van der Waals surface area (Å²) in [7, 11) is 0. The Bertz CT molecular complexity index is 889. The first-order valence-corrected chi connectivity index (χ1v) is 8.59. The molecule has 0 heterocycles. The van der Waals surface area contributed by atoms with Crippen LogP contribution in [0.4, 0.5) is 0 Å². The highest BCUT2D eigenvalue weighted by Gasteiger charge is 2.25. The minimum atomic E-state index is -0.692. The quantitative estimate of drug-likeness (QED) is 0.397. The van der Waals surface area contributed by atoms with Crippen LogP contribution in [0.5, 0.6) is 11.5 Å². The van der Waals surface area contributed by atoms with E-state index in [0.29, 0.717) is 11.1 Å². The summed E-state index contributed by atoms with van der Waals surface area (Å²) in [4.78, 5) is 36.1. The summed E-state index contributed by atoms with van der Waals surface area (Å²) in [6.07, 6.45) is 0. The van der Waals surface area contributed by atoms with Crippen molar-refractivity contribution in [3.05, 3.63) is 58.7 Å². The maximum absolute atomic E-state index is 12.2. The molecule has 150 valence electrons. The number of ether oxygens (including phenoxy) is 3. The zero-order valence-corrected chi connectivity index (χ0v) is 17.3. The molecular weight excluding hydrogens is 360 g/mol. The summed E-state index contributed by atoms with van der Waals surface area (Å²) >= 11 is 0. The molecule has 0 aliphatic rings. The van der Waals surface area contributed by atoms with E-state index in [0.717, 1.165) is 11.1 Å². The van der Waals surface area contributed by atoms with Gasteiger partial charge in [0.25, 0.3) is 0 Å². The molecule has 6 heteroatoms. The van der Waals surface area contributed by atoms with Gasteiger partial charge in [-0.2, -0.15) is 0 Å². The van der Waals surface area contributed by atoms with Crippen LogP contribution in [0.2, 0.25) is 0 Å². The second-order valence-electron chi connectivity index (χ2n) is 6.71. The van der Waals surface area contributed by atoms with Crippen LogP contribution >= 0.6 is 0 Å². The minimum Gasteiger partial charge on any atom is -0.457 e. The van der Waals surface area contributed by atoms with Gasteiger partial charge in [0.1, 0.15) is 6.61 Å². The normalized spacial score (nSPS) is 10.1. The number of esters is 3. The number of hydrogen-bond donors (Lipinski definition) is 0. The van der Waals surface area contributed by atoms with Crippen molar-refractivity contribution in [1.29, 1.82) is 0 Å². The zero-order chi connectivity index (χ0) is 21.8. The fourth-order valence-corrected chi connectivity index (χ4v) is 2.18. The average molecular weight is 386 g/mol. The van der Waals surface area contributed by atoms with Crippen LogP contribution in [-0.4, -0.2) is 17.9 Å². The summed E-state index contributed by atoms with van der Waals surface area (Å²) in [6, 6.07) is 0. The highest BCUT2D eigenvalue weighted by molar-refractivity contribution is 5.92. The summed E-state index contributed by atoms with van der Waals surface area (Å²) in [6.45, 7) is 20.4. The van der Waals surface area contributed by atoms with Gasteiger partial charge >= 0.3 is 17.9 Å². The molecule has 1 rings (SSSR count). The van der Waals surface area contributed by atoms with Crippen molar-refractivity contribution in [3.63, 3.8) is 0 Å². The molecule has 0 spiro atoms. The lowest BCUT2D eigenvalue weighted by Crippen LogP contribution is -2.17. The smallest absolute Gasteiger partial charge is 0.338 e. The molecule has 0 radical (unpaired) electrons. The monoisotopic (exact) mass is 386 g/mol. The van der Waals surface area contributed by atoms with Crippen molar-refractivity contribution in [1.82, 2.24) is 0 Å². The first-order valence-electron chi connectivity index (χ1n) is 8.59. The molecule has 1 aromatic rings. The van der Waals surface area contributed by atoms with Gasteiger partial charge in [0.2, 0.25) is 0 Å². The largest absolute Gasteiger partial charge is 0.457 e. The van der Waals surface area contributed by atoms with E-state index in [4.69, 9.17) is 14.2 Å². The van der Waals surface area contributed by atoms with Crippen molar-refractivity contribution in [3.8, 4) is 11.5 Å². The molecule has 0 fully saturated rings. The molecule has 6 nitrogen and oxygen atoms in total. The Morgan fingerprint density at radius 2 is 1.11 bits per heavy atom. The Morgan fingerprint density at radius 1 is 0.679 bits per heavy atom. The van der Waals surface area contributed by atoms with Crippen LogP contribution in [0.25, 0.3) is 0 Å². The molecule has 0 saturated carbocycles. The van der Waals surface area contributed by atoms with E-state index in [1.54, 1.807) is 13.8 Å². The van der Waals surface area contributed by atoms with Crippen molar-refractivity contribution in [2.75, 3.05) is 0 Å². The van der Waals surface area contributed by atoms with E-state index in [2.05, 4.69) is 19.7 Å². The Labute approximate surface area is 165 Å². The van der Waals surface area contributed by atoms with Crippen LogP contribution in [0.15, 0.2) is 36.5 Å². The first kappa shape index (κ1) is 22.9. The van der Waals surface area contributed by atoms with Crippen molar-refractivity contribution >= 4 is 17.9 Å². The molecule has 28 heavy (non-hydrogen) atoms. The highest BCUT2D eigenvalue weighted by Crippen LogP contribution is 2.41. The Balaban J connectivity index is 3.62. The maximum Gasteiger partial charge on any atom is 0.338 e. The summed E-state index contributed by atoms with van der Waals surface area (Å²) < 4.78 is 16.2.